The third kappa shape index (κ3) is 4.62. The number of aliphatic hydroxyl groups excluding tert-OH is 1. The fourth-order valence-electron chi connectivity index (χ4n) is 1.83. The van der Waals surface area contributed by atoms with Gasteiger partial charge in [-0.2, -0.15) is 0 Å². The predicted molar refractivity (Wildman–Crippen MR) is 55.5 cm³/mol. The summed E-state index contributed by atoms with van der Waals surface area (Å²) >= 11 is 0. The average molecular weight is 216 g/mol. The second kappa shape index (κ2) is 6.80. The molecular weight excluding hydrogens is 196 g/mol. The molecule has 1 aliphatic heterocycles. The van der Waals surface area contributed by atoms with Gasteiger partial charge in [0.05, 0.1) is 25.4 Å². The first-order valence-electron chi connectivity index (χ1n) is 5.68. The van der Waals surface area contributed by atoms with Crippen LogP contribution in [0.3, 0.4) is 0 Å². The van der Waals surface area contributed by atoms with Crippen molar-refractivity contribution in [1.82, 2.24) is 0 Å². The molecule has 0 aliphatic carbocycles. The monoisotopic (exact) mass is 216 g/mol. The first-order valence-corrected chi connectivity index (χ1v) is 5.68. The Labute approximate surface area is 90.6 Å². The van der Waals surface area contributed by atoms with Gasteiger partial charge >= 0.3 is 5.97 Å². The van der Waals surface area contributed by atoms with Crippen molar-refractivity contribution in [3.05, 3.63) is 0 Å². The fraction of sp³-hybridized carbons (Fsp3) is 0.909. The first kappa shape index (κ1) is 12.5. The standard InChI is InChI=1S/C11H20O4/c1-2-14-11(13)5-3-4-9-6-7-10(8-12)15-9/h9-10,12H,2-8H2,1H3. The molecule has 0 aromatic heterocycles. The summed E-state index contributed by atoms with van der Waals surface area (Å²) in [5.74, 6) is -0.130. The topological polar surface area (TPSA) is 55.8 Å². The molecule has 4 heteroatoms. The maximum absolute atomic E-state index is 11.0. The minimum atomic E-state index is -0.130. The van der Waals surface area contributed by atoms with Crippen molar-refractivity contribution in [2.75, 3.05) is 13.2 Å². The molecule has 0 bridgehead atoms. The molecule has 88 valence electrons. The molecule has 2 unspecified atom stereocenters. The van der Waals surface area contributed by atoms with Crippen molar-refractivity contribution in [1.29, 1.82) is 0 Å². The molecule has 0 amide bonds. The van der Waals surface area contributed by atoms with Crippen molar-refractivity contribution in [2.24, 2.45) is 0 Å². The lowest BCUT2D eigenvalue weighted by Gasteiger charge is -2.11. The quantitative estimate of drug-likeness (QED) is 0.679. The normalized spacial score (nSPS) is 25.5. The molecular formula is C11H20O4. The summed E-state index contributed by atoms with van der Waals surface area (Å²) in [6, 6.07) is 0. The van der Waals surface area contributed by atoms with Gasteiger partial charge in [-0.05, 0) is 32.6 Å². The van der Waals surface area contributed by atoms with Gasteiger partial charge in [-0.1, -0.05) is 0 Å². The Balaban J connectivity index is 2.03. The zero-order valence-corrected chi connectivity index (χ0v) is 9.28. The molecule has 0 radical (unpaired) electrons. The van der Waals surface area contributed by atoms with E-state index in [9.17, 15) is 4.79 Å². The summed E-state index contributed by atoms with van der Waals surface area (Å²) in [5, 5.41) is 8.87. The molecule has 1 fully saturated rings. The van der Waals surface area contributed by atoms with Crippen molar-refractivity contribution in [3.63, 3.8) is 0 Å². The minimum Gasteiger partial charge on any atom is -0.466 e. The van der Waals surface area contributed by atoms with Gasteiger partial charge in [0.15, 0.2) is 0 Å². The van der Waals surface area contributed by atoms with Gasteiger partial charge in [0, 0.05) is 6.42 Å². The third-order valence-electron chi connectivity index (χ3n) is 2.61. The van der Waals surface area contributed by atoms with E-state index in [0.29, 0.717) is 13.0 Å². The minimum absolute atomic E-state index is 0.0117. The number of hydrogen-bond donors (Lipinski definition) is 1. The summed E-state index contributed by atoms with van der Waals surface area (Å²) in [4.78, 5) is 11.0. The van der Waals surface area contributed by atoms with Crippen LogP contribution >= 0.6 is 0 Å². The van der Waals surface area contributed by atoms with Crippen LogP contribution < -0.4 is 0 Å². The Morgan fingerprint density at radius 3 is 2.80 bits per heavy atom. The highest BCUT2D eigenvalue weighted by molar-refractivity contribution is 5.69. The zero-order chi connectivity index (χ0) is 11.1. The van der Waals surface area contributed by atoms with E-state index in [1.54, 1.807) is 0 Å². The number of hydrogen-bond acceptors (Lipinski definition) is 4. The molecule has 1 heterocycles. The van der Waals surface area contributed by atoms with Gasteiger partial charge in [0.25, 0.3) is 0 Å². The molecule has 1 saturated heterocycles. The van der Waals surface area contributed by atoms with Crippen molar-refractivity contribution in [2.45, 2.75) is 51.2 Å². The molecule has 0 aromatic carbocycles. The van der Waals surface area contributed by atoms with E-state index in [2.05, 4.69) is 0 Å². The Morgan fingerprint density at radius 1 is 1.47 bits per heavy atom. The Morgan fingerprint density at radius 2 is 2.20 bits per heavy atom. The van der Waals surface area contributed by atoms with Crippen LogP contribution in [0.25, 0.3) is 0 Å². The number of carbonyl (C=O) groups excluding carboxylic acids is 1. The highest BCUT2D eigenvalue weighted by Gasteiger charge is 2.24. The van der Waals surface area contributed by atoms with Crippen LogP contribution in [0.5, 0.6) is 0 Å². The molecule has 0 saturated carbocycles. The van der Waals surface area contributed by atoms with E-state index in [-0.39, 0.29) is 24.8 Å². The van der Waals surface area contributed by atoms with Crippen LogP contribution in [-0.4, -0.2) is 36.5 Å². The number of aliphatic hydroxyl groups is 1. The summed E-state index contributed by atoms with van der Waals surface area (Å²) in [7, 11) is 0. The second-order valence-electron chi connectivity index (χ2n) is 3.84. The zero-order valence-electron chi connectivity index (χ0n) is 9.28. The first-order chi connectivity index (χ1) is 7.26. The lowest BCUT2D eigenvalue weighted by Crippen LogP contribution is -2.14. The summed E-state index contributed by atoms with van der Waals surface area (Å²) in [6.45, 7) is 2.36. The highest BCUT2D eigenvalue weighted by Crippen LogP contribution is 2.23. The van der Waals surface area contributed by atoms with E-state index < -0.39 is 0 Å². The van der Waals surface area contributed by atoms with Crippen LogP contribution in [0.1, 0.15) is 39.0 Å². The largest absolute Gasteiger partial charge is 0.466 e. The van der Waals surface area contributed by atoms with Gasteiger partial charge in [-0.3, -0.25) is 4.79 Å². The number of carbonyl (C=O) groups is 1. The summed E-state index contributed by atoms with van der Waals surface area (Å²) < 4.78 is 10.4. The van der Waals surface area contributed by atoms with Gasteiger partial charge in [0.1, 0.15) is 0 Å². The Hall–Kier alpha value is -0.610. The van der Waals surface area contributed by atoms with Crippen molar-refractivity contribution >= 4 is 5.97 Å². The van der Waals surface area contributed by atoms with Crippen LogP contribution in [0.2, 0.25) is 0 Å². The van der Waals surface area contributed by atoms with Crippen LogP contribution in [0.4, 0.5) is 0 Å². The number of ether oxygens (including phenoxy) is 2. The lowest BCUT2D eigenvalue weighted by molar-refractivity contribution is -0.143. The average Bonchev–Trinajstić information content (AvgIpc) is 2.66. The molecule has 1 N–H and O–H groups in total. The Kier molecular flexibility index (Phi) is 5.65. The number of rotatable bonds is 6. The lowest BCUT2D eigenvalue weighted by atomic mass is 10.1. The number of esters is 1. The maximum atomic E-state index is 11.0. The van der Waals surface area contributed by atoms with Gasteiger partial charge < -0.3 is 14.6 Å². The maximum Gasteiger partial charge on any atom is 0.305 e. The van der Waals surface area contributed by atoms with E-state index >= 15 is 0 Å². The smallest absolute Gasteiger partial charge is 0.305 e. The Bertz CT molecular complexity index is 193. The van der Waals surface area contributed by atoms with Gasteiger partial charge in [-0.25, -0.2) is 0 Å². The van der Waals surface area contributed by atoms with Crippen molar-refractivity contribution in [3.8, 4) is 0 Å². The second-order valence-corrected chi connectivity index (χ2v) is 3.84. The molecule has 1 rings (SSSR count). The van der Waals surface area contributed by atoms with Crippen LogP contribution in [0, 0.1) is 0 Å². The van der Waals surface area contributed by atoms with Gasteiger partial charge in [-0.15, -0.1) is 0 Å². The molecule has 15 heavy (non-hydrogen) atoms. The van der Waals surface area contributed by atoms with Crippen molar-refractivity contribution < 1.29 is 19.4 Å². The van der Waals surface area contributed by atoms with E-state index in [4.69, 9.17) is 14.6 Å². The van der Waals surface area contributed by atoms with E-state index in [0.717, 1.165) is 25.7 Å². The summed E-state index contributed by atoms with van der Waals surface area (Å²) in [6.07, 6.45) is 4.32. The molecule has 1 aliphatic rings. The van der Waals surface area contributed by atoms with Gasteiger partial charge in [0.2, 0.25) is 0 Å². The third-order valence-corrected chi connectivity index (χ3v) is 2.61. The molecule has 0 spiro atoms. The molecule has 0 aromatic rings. The summed E-state index contributed by atoms with van der Waals surface area (Å²) in [5.41, 5.74) is 0. The molecule has 2 atom stereocenters. The SMILES string of the molecule is CCOC(=O)CCCC1CCC(CO)O1. The van der Waals surface area contributed by atoms with Crippen LogP contribution in [0.15, 0.2) is 0 Å². The van der Waals surface area contributed by atoms with E-state index in [1.807, 2.05) is 6.92 Å². The highest BCUT2D eigenvalue weighted by atomic mass is 16.5. The fourth-order valence-corrected chi connectivity index (χ4v) is 1.83. The van der Waals surface area contributed by atoms with E-state index in [1.165, 1.54) is 0 Å². The van der Waals surface area contributed by atoms with Crippen LogP contribution in [-0.2, 0) is 14.3 Å². The molecule has 4 nitrogen and oxygen atoms in total. The predicted octanol–water partition coefficient (Wildman–Crippen LogP) is 1.26.